The standard InChI is InChI=1S/C9H14N4O/c1-14-8(6-2-3-6)9-11-5-4-7(12-9)13-10/h4-6,8H,2-3,10H2,1H3,(H,11,12,13). The van der Waals surface area contributed by atoms with Crippen molar-refractivity contribution >= 4 is 5.82 Å². The Hall–Kier alpha value is -1.20. The lowest BCUT2D eigenvalue weighted by molar-refractivity contribution is 0.0773. The maximum atomic E-state index is 5.37. The van der Waals surface area contributed by atoms with Crippen molar-refractivity contribution in [3.63, 3.8) is 0 Å². The summed E-state index contributed by atoms with van der Waals surface area (Å²) < 4.78 is 5.37. The molecule has 76 valence electrons. The van der Waals surface area contributed by atoms with E-state index in [4.69, 9.17) is 10.6 Å². The molecular formula is C9H14N4O. The summed E-state index contributed by atoms with van der Waals surface area (Å²) >= 11 is 0. The number of ether oxygens (including phenoxy) is 1. The van der Waals surface area contributed by atoms with Crippen molar-refractivity contribution in [2.75, 3.05) is 12.5 Å². The largest absolute Gasteiger partial charge is 0.373 e. The minimum absolute atomic E-state index is 0.0169. The fourth-order valence-electron chi connectivity index (χ4n) is 1.50. The highest BCUT2D eigenvalue weighted by Gasteiger charge is 2.34. The van der Waals surface area contributed by atoms with E-state index in [2.05, 4.69) is 15.4 Å². The van der Waals surface area contributed by atoms with Gasteiger partial charge in [0.25, 0.3) is 0 Å². The smallest absolute Gasteiger partial charge is 0.159 e. The van der Waals surface area contributed by atoms with E-state index in [1.54, 1.807) is 19.4 Å². The molecule has 1 unspecified atom stereocenters. The number of nitrogens with zero attached hydrogens (tertiary/aromatic N) is 2. The van der Waals surface area contributed by atoms with Crippen LogP contribution in [0.25, 0.3) is 0 Å². The van der Waals surface area contributed by atoms with Crippen molar-refractivity contribution < 1.29 is 4.74 Å². The third kappa shape index (κ3) is 1.83. The van der Waals surface area contributed by atoms with E-state index in [1.807, 2.05) is 0 Å². The number of nitrogen functional groups attached to an aromatic ring is 1. The van der Waals surface area contributed by atoms with Crippen LogP contribution in [0.5, 0.6) is 0 Å². The lowest BCUT2D eigenvalue weighted by Crippen LogP contribution is -2.13. The van der Waals surface area contributed by atoms with Gasteiger partial charge in [0.15, 0.2) is 5.82 Å². The normalized spacial score (nSPS) is 17.9. The van der Waals surface area contributed by atoms with Crippen LogP contribution in [0.4, 0.5) is 5.82 Å². The number of hydrogen-bond acceptors (Lipinski definition) is 5. The Kier molecular flexibility index (Phi) is 2.60. The van der Waals surface area contributed by atoms with Gasteiger partial charge in [0.1, 0.15) is 11.9 Å². The minimum Gasteiger partial charge on any atom is -0.373 e. The summed E-state index contributed by atoms with van der Waals surface area (Å²) in [4.78, 5) is 8.44. The van der Waals surface area contributed by atoms with E-state index >= 15 is 0 Å². The lowest BCUT2D eigenvalue weighted by Gasteiger charge is -2.12. The summed E-state index contributed by atoms with van der Waals surface area (Å²) in [5, 5.41) is 0. The van der Waals surface area contributed by atoms with Crippen LogP contribution in [0, 0.1) is 5.92 Å². The van der Waals surface area contributed by atoms with Gasteiger partial charge in [-0.3, -0.25) is 0 Å². The number of nitrogens with one attached hydrogen (secondary N) is 1. The molecule has 0 spiro atoms. The predicted octanol–water partition coefficient (Wildman–Crippen LogP) is 0.860. The molecule has 1 fully saturated rings. The topological polar surface area (TPSA) is 73.1 Å². The molecule has 1 aliphatic carbocycles. The van der Waals surface area contributed by atoms with E-state index < -0.39 is 0 Å². The fraction of sp³-hybridized carbons (Fsp3) is 0.556. The average Bonchev–Trinajstić information content (AvgIpc) is 3.04. The average molecular weight is 194 g/mol. The number of nitrogens with two attached hydrogens (primary N) is 1. The molecule has 0 aliphatic heterocycles. The summed E-state index contributed by atoms with van der Waals surface area (Å²) in [5.41, 5.74) is 2.50. The number of anilines is 1. The fourth-order valence-corrected chi connectivity index (χ4v) is 1.50. The predicted molar refractivity (Wildman–Crippen MR) is 52.3 cm³/mol. The Morgan fingerprint density at radius 2 is 2.43 bits per heavy atom. The molecule has 0 saturated heterocycles. The third-order valence-corrected chi connectivity index (χ3v) is 2.38. The number of methoxy groups -OCH3 is 1. The molecule has 0 radical (unpaired) electrons. The van der Waals surface area contributed by atoms with Crippen LogP contribution in [0.2, 0.25) is 0 Å². The van der Waals surface area contributed by atoms with Gasteiger partial charge in [0, 0.05) is 19.4 Å². The zero-order valence-electron chi connectivity index (χ0n) is 8.10. The molecule has 5 heteroatoms. The maximum Gasteiger partial charge on any atom is 0.159 e. The van der Waals surface area contributed by atoms with Crippen molar-refractivity contribution in [3.8, 4) is 0 Å². The lowest BCUT2D eigenvalue weighted by atomic mass is 10.2. The van der Waals surface area contributed by atoms with Crippen LogP contribution in [0.1, 0.15) is 24.8 Å². The Morgan fingerprint density at radius 1 is 1.64 bits per heavy atom. The van der Waals surface area contributed by atoms with Crippen LogP contribution in [-0.2, 0) is 4.74 Å². The molecule has 1 aliphatic rings. The van der Waals surface area contributed by atoms with Crippen molar-refractivity contribution in [3.05, 3.63) is 18.1 Å². The quantitative estimate of drug-likeness (QED) is 0.549. The second kappa shape index (κ2) is 3.89. The first-order chi connectivity index (χ1) is 6.85. The van der Waals surface area contributed by atoms with Crippen LogP contribution >= 0.6 is 0 Å². The van der Waals surface area contributed by atoms with Gasteiger partial charge in [-0.25, -0.2) is 15.8 Å². The number of hydrogen-bond donors (Lipinski definition) is 2. The Bertz CT molecular complexity index is 313. The van der Waals surface area contributed by atoms with Gasteiger partial charge in [-0.15, -0.1) is 0 Å². The highest BCUT2D eigenvalue weighted by atomic mass is 16.5. The summed E-state index contributed by atoms with van der Waals surface area (Å²) in [6, 6.07) is 1.73. The summed E-state index contributed by atoms with van der Waals surface area (Å²) in [6.07, 6.45) is 4.10. The van der Waals surface area contributed by atoms with Gasteiger partial charge >= 0.3 is 0 Å². The Morgan fingerprint density at radius 3 is 3.00 bits per heavy atom. The van der Waals surface area contributed by atoms with Gasteiger partial charge in [-0.1, -0.05) is 0 Å². The number of hydrazine groups is 1. The molecule has 3 N–H and O–H groups in total. The number of aromatic nitrogens is 2. The molecule has 2 rings (SSSR count). The monoisotopic (exact) mass is 194 g/mol. The van der Waals surface area contributed by atoms with Crippen molar-refractivity contribution in [1.82, 2.24) is 9.97 Å². The number of rotatable bonds is 4. The first-order valence-corrected chi connectivity index (χ1v) is 4.67. The molecule has 1 atom stereocenters. The van der Waals surface area contributed by atoms with Crippen molar-refractivity contribution in [2.45, 2.75) is 18.9 Å². The molecule has 1 aromatic heterocycles. The van der Waals surface area contributed by atoms with Gasteiger partial charge in [0.05, 0.1) is 0 Å². The second-order valence-corrected chi connectivity index (χ2v) is 3.44. The van der Waals surface area contributed by atoms with Crippen LogP contribution in [0.15, 0.2) is 12.3 Å². The van der Waals surface area contributed by atoms with Crippen LogP contribution in [0.3, 0.4) is 0 Å². The van der Waals surface area contributed by atoms with Gasteiger partial charge < -0.3 is 10.2 Å². The Labute approximate surface area is 82.7 Å². The molecule has 14 heavy (non-hydrogen) atoms. The molecule has 1 heterocycles. The molecule has 5 nitrogen and oxygen atoms in total. The summed E-state index contributed by atoms with van der Waals surface area (Å²) in [6.45, 7) is 0. The van der Waals surface area contributed by atoms with Crippen LogP contribution in [-0.4, -0.2) is 17.1 Å². The van der Waals surface area contributed by atoms with Gasteiger partial charge in [-0.05, 0) is 18.8 Å². The van der Waals surface area contributed by atoms with E-state index in [1.165, 1.54) is 12.8 Å². The summed E-state index contributed by atoms with van der Waals surface area (Å²) in [7, 11) is 1.69. The van der Waals surface area contributed by atoms with Crippen LogP contribution < -0.4 is 11.3 Å². The zero-order valence-corrected chi connectivity index (χ0v) is 8.10. The highest BCUT2D eigenvalue weighted by Crippen LogP contribution is 2.41. The second-order valence-electron chi connectivity index (χ2n) is 3.44. The van der Waals surface area contributed by atoms with Crippen molar-refractivity contribution in [2.24, 2.45) is 11.8 Å². The van der Waals surface area contributed by atoms with Gasteiger partial charge in [0.2, 0.25) is 0 Å². The third-order valence-electron chi connectivity index (χ3n) is 2.38. The maximum absolute atomic E-state index is 5.37. The highest BCUT2D eigenvalue weighted by molar-refractivity contribution is 5.31. The van der Waals surface area contributed by atoms with E-state index in [9.17, 15) is 0 Å². The van der Waals surface area contributed by atoms with E-state index in [0.29, 0.717) is 17.6 Å². The van der Waals surface area contributed by atoms with Gasteiger partial charge in [-0.2, -0.15) is 0 Å². The minimum atomic E-state index is 0.0169. The van der Waals surface area contributed by atoms with Crippen molar-refractivity contribution in [1.29, 1.82) is 0 Å². The van der Waals surface area contributed by atoms with E-state index in [0.717, 1.165) is 0 Å². The summed E-state index contributed by atoms with van der Waals surface area (Å²) in [5.74, 6) is 7.18. The molecule has 0 aromatic carbocycles. The molecule has 0 bridgehead atoms. The molecular weight excluding hydrogens is 180 g/mol. The Balaban J connectivity index is 2.20. The first kappa shape index (κ1) is 9.36. The molecule has 1 aromatic rings. The first-order valence-electron chi connectivity index (χ1n) is 4.67. The molecule has 1 saturated carbocycles. The zero-order chi connectivity index (χ0) is 9.97. The SMILES string of the molecule is COC(c1nccc(NN)n1)C1CC1. The van der Waals surface area contributed by atoms with E-state index in [-0.39, 0.29) is 6.10 Å². The molecule has 0 amide bonds.